The van der Waals surface area contributed by atoms with Crippen LogP contribution in [0.5, 0.6) is 0 Å². The number of thioether (sulfide) groups is 1. The molecule has 1 saturated carbocycles. The van der Waals surface area contributed by atoms with Crippen LogP contribution in [0.3, 0.4) is 0 Å². The van der Waals surface area contributed by atoms with Gasteiger partial charge in [-0.15, -0.1) is 0 Å². The SMILES string of the molecule is CSCC[C@@H](N)C(=O)NC(CC(=O)O)C1CC1. The third-order valence-corrected chi connectivity index (χ3v) is 3.53. The maximum Gasteiger partial charge on any atom is 0.305 e. The van der Waals surface area contributed by atoms with Crippen LogP contribution in [-0.2, 0) is 9.59 Å². The molecule has 0 radical (unpaired) electrons. The quantitative estimate of drug-likeness (QED) is 0.589. The van der Waals surface area contributed by atoms with Crippen molar-refractivity contribution in [2.75, 3.05) is 12.0 Å². The van der Waals surface area contributed by atoms with Gasteiger partial charge in [-0.25, -0.2) is 0 Å². The van der Waals surface area contributed by atoms with Crippen LogP contribution in [0.1, 0.15) is 25.7 Å². The van der Waals surface area contributed by atoms with Crippen LogP contribution in [-0.4, -0.2) is 41.1 Å². The number of carbonyl (C=O) groups excluding carboxylic acids is 1. The van der Waals surface area contributed by atoms with E-state index in [2.05, 4.69) is 5.32 Å². The highest BCUT2D eigenvalue weighted by Gasteiger charge is 2.34. The summed E-state index contributed by atoms with van der Waals surface area (Å²) in [6.45, 7) is 0. The number of hydrogen-bond acceptors (Lipinski definition) is 4. The largest absolute Gasteiger partial charge is 0.481 e. The fourth-order valence-corrected chi connectivity index (χ4v) is 2.18. The molecule has 1 fully saturated rings. The average molecular weight is 260 g/mol. The first kappa shape index (κ1) is 14.3. The van der Waals surface area contributed by atoms with Gasteiger partial charge in [-0.2, -0.15) is 11.8 Å². The molecule has 0 aliphatic heterocycles. The minimum absolute atomic E-state index is 0.00828. The fourth-order valence-electron chi connectivity index (χ4n) is 1.69. The van der Waals surface area contributed by atoms with Gasteiger partial charge in [0.05, 0.1) is 12.5 Å². The van der Waals surface area contributed by atoms with Gasteiger partial charge in [0.25, 0.3) is 0 Å². The number of carboxylic acids is 1. The van der Waals surface area contributed by atoms with Crippen LogP contribution >= 0.6 is 11.8 Å². The van der Waals surface area contributed by atoms with Gasteiger partial charge in [0, 0.05) is 6.04 Å². The molecule has 5 nitrogen and oxygen atoms in total. The molecule has 1 aliphatic carbocycles. The second kappa shape index (κ2) is 6.86. The molecule has 1 rings (SSSR count). The third-order valence-electron chi connectivity index (χ3n) is 2.88. The van der Waals surface area contributed by atoms with Crippen molar-refractivity contribution < 1.29 is 14.7 Å². The molecule has 0 aromatic rings. The summed E-state index contributed by atoms with van der Waals surface area (Å²) >= 11 is 1.64. The second-order valence-electron chi connectivity index (χ2n) is 4.44. The van der Waals surface area contributed by atoms with Crippen LogP contribution in [0, 0.1) is 5.92 Å². The smallest absolute Gasteiger partial charge is 0.305 e. The molecular formula is C11H20N2O3S. The summed E-state index contributed by atoms with van der Waals surface area (Å²) in [7, 11) is 0. The van der Waals surface area contributed by atoms with Crippen molar-refractivity contribution in [3.63, 3.8) is 0 Å². The summed E-state index contributed by atoms with van der Waals surface area (Å²) in [4.78, 5) is 22.4. The van der Waals surface area contributed by atoms with Crippen molar-refractivity contribution in [2.24, 2.45) is 11.7 Å². The Labute approximate surface area is 106 Å². The molecule has 4 N–H and O–H groups in total. The van der Waals surface area contributed by atoms with Gasteiger partial charge in [-0.1, -0.05) is 0 Å². The summed E-state index contributed by atoms with van der Waals surface area (Å²) in [5, 5.41) is 11.5. The second-order valence-corrected chi connectivity index (χ2v) is 5.42. The van der Waals surface area contributed by atoms with Gasteiger partial charge in [0.15, 0.2) is 0 Å². The first-order valence-electron chi connectivity index (χ1n) is 5.81. The number of carboxylic acid groups (broad SMARTS) is 1. The van der Waals surface area contributed by atoms with E-state index in [0.29, 0.717) is 12.3 Å². The molecular weight excluding hydrogens is 240 g/mol. The van der Waals surface area contributed by atoms with E-state index in [1.165, 1.54) is 0 Å². The summed E-state index contributed by atoms with van der Waals surface area (Å²) in [6.07, 6.45) is 4.57. The maximum atomic E-state index is 11.7. The molecule has 0 aromatic carbocycles. The van der Waals surface area contributed by atoms with Crippen molar-refractivity contribution in [1.29, 1.82) is 0 Å². The van der Waals surface area contributed by atoms with Gasteiger partial charge >= 0.3 is 5.97 Å². The third kappa shape index (κ3) is 5.41. The first-order valence-corrected chi connectivity index (χ1v) is 7.20. The van der Waals surface area contributed by atoms with Crippen LogP contribution in [0.15, 0.2) is 0 Å². The van der Waals surface area contributed by atoms with Crippen LogP contribution in [0.25, 0.3) is 0 Å². The first-order chi connectivity index (χ1) is 8.04. The van der Waals surface area contributed by atoms with Crippen molar-refractivity contribution in [2.45, 2.75) is 37.8 Å². The number of hydrogen-bond donors (Lipinski definition) is 3. The Hall–Kier alpha value is -0.750. The summed E-state index contributed by atoms with van der Waals surface area (Å²) < 4.78 is 0. The molecule has 1 amide bonds. The molecule has 0 heterocycles. The van der Waals surface area contributed by atoms with E-state index in [1.807, 2.05) is 6.26 Å². The Kier molecular flexibility index (Phi) is 5.77. The highest BCUT2D eigenvalue weighted by Crippen LogP contribution is 2.34. The van der Waals surface area contributed by atoms with Crippen LogP contribution in [0.2, 0.25) is 0 Å². The lowest BCUT2D eigenvalue weighted by molar-refractivity contribution is -0.138. The highest BCUT2D eigenvalue weighted by molar-refractivity contribution is 7.98. The lowest BCUT2D eigenvalue weighted by atomic mass is 10.1. The number of amides is 1. The molecule has 1 unspecified atom stereocenters. The van der Waals surface area contributed by atoms with Crippen molar-refractivity contribution >= 4 is 23.6 Å². The minimum Gasteiger partial charge on any atom is -0.481 e. The Bertz CT molecular complexity index is 282. The summed E-state index contributed by atoms with van der Waals surface area (Å²) in [5.41, 5.74) is 5.73. The molecule has 0 aromatic heterocycles. The molecule has 2 atom stereocenters. The van der Waals surface area contributed by atoms with Crippen molar-refractivity contribution in [3.8, 4) is 0 Å². The van der Waals surface area contributed by atoms with Crippen molar-refractivity contribution in [1.82, 2.24) is 5.32 Å². The number of carbonyl (C=O) groups is 2. The molecule has 0 spiro atoms. The lowest BCUT2D eigenvalue weighted by Gasteiger charge is -2.19. The Balaban J connectivity index is 2.37. The lowest BCUT2D eigenvalue weighted by Crippen LogP contribution is -2.47. The van der Waals surface area contributed by atoms with E-state index in [4.69, 9.17) is 10.8 Å². The number of aliphatic carboxylic acids is 1. The Morgan fingerprint density at radius 2 is 2.18 bits per heavy atom. The van der Waals surface area contributed by atoms with E-state index in [1.54, 1.807) is 11.8 Å². The molecule has 0 saturated heterocycles. The fraction of sp³-hybridized carbons (Fsp3) is 0.818. The Morgan fingerprint density at radius 3 is 2.65 bits per heavy atom. The van der Waals surface area contributed by atoms with E-state index < -0.39 is 12.0 Å². The number of nitrogens with two attached hydrogens (primary N) is 1. The van der Waals surface area contributed by atoms with E-state index in [9.17, 15) is 9.59 Å². The number of rotatable bonds is 8. The highest BCUT2D eigenvalue weighted by atomic mass is 32.2. The summed E-state index contributed by atoms with van der Waals surface area (Å²) in [6, 6.07) is -0.780. The molecule has 1 aliphatic rings. The van der Waals surface area contributed by atoms with Gasteiger partial charge in [-0.05, 0) is 37.2 Å². The maximum absolute atomic E-state index is 11.7. The van der Waals surface area contributed by atoms with Gasteiger partial charge < -0.3 is 16.2 Å². The zero-order valence-electron chi connectivity index (χ0n) is 10.0. The van der Waals surface area contributed by atoms with Gasteiger partial charge in [-0.3, -0.25) is 9.59 Å². The normalized spacial score (nSPS) is 18.5. The van der Waals surface area contributed by atoms with Gasteiger partial charge in [0.2, 0.25) is 5.91 Å². The van der Waals surface area contributed by atoms with Gasteiger partial charge in [0.1, 0.15) is 0 Å². The van der Waals surface area contributed by atoms with E-state index in [-0.39, 0.29) is 18.4 Å². The standard InChI is InChI=1S/C11H20N2O3S/c1-17-5-4-8(12)11(16)13-9(6-10(14)15)7-2-3-7/h7-9H,2-6,12H2,1H3,(H,13,16)(H,14,15)/t8-,9?/m1/s1. The molecule has 6 heteroatoms. The predicted molar refractivity (Wildman–Crippen MR) is 67.9 cm³/mol. The topological polar surface area (TPSA) is 92.4 Å². The van der Waals surface area contributed by atoms with Crippen LogP contribution < -0.4 is 11.1 Å². The monoisotopic (exact) mass is 260 g/mol. The van der Waals surface area contributed by atoms with Crippen molar-refractivity contribution in [3.05, 3.63) is 0 Å². The van der Waals surface area contributed by atoms with Crippen LogP contribution in [0.4, 0.5) is 0 Å². The Morgan fingerprint density at radius 1 is 1.53 bits per heavy atom. The summed E-state index contributed by atoms with van der Waals surface area (Å²) in [5.74, 6) is 0.0570. The van der Waals surface area contributed by atoms with E-state index in [0.717, 1.165) is 18.6 Å². The zero-order chi connectivity index (χ0) is 12.8. The zero-order valence-corrected chi connectivity index (χ0v) is 10.8. The van der Waals surface area contributed by atoms with E-state index >= 15 is 0 Å². The molecule has 17 heavy (non-hydrogen) atoms. The predicted octanol–water partition coefficient (Wildman–Crippen LogP) is 0.436. The molecule has 98 valence electrons. The molecule has 0 bridgehead atoms. The minimum atomic E-state index is -0.875. The average Bonchev–Trinajstić information content (AvgIpc) is 3.07. The number of nitrogens with one attached hydrogen (secondary N) is 1.